The van der Waals surface area contributed by atoms with Gasteiger partial charge in [0.1, 0.15) is 36.3 Å². The van der Waals surface area contributed by atoms with Crippen molar-refractivity contribution in [3.05, 3.63) is 90.1 Å². The van der Waals surface area contributed by atoms with Crippen molar-refractivity contribution in [3.8, 4) is 0 Å². The van der Waals surface area contributed by atoms with Gasteiger partial charge in [0.2, 0.25) is 41.4 Å². The molecule has 0 fully saturated rings. The molecule has 4 aromatic rings. The number of hydrogen-bond acceptors (Lipinski definition) is 9. The van der Waals surface area contributed by atoms with E-state index in [0.29, 0.717) is 11.3 Å². The molecule has 0 saturated heterocycles. The minimum Gasteiger partial charge on any atom is -0.370 e. The van der Waals surface area contributed by atoms with E-state index in [1.807, 2.05) is 38.1 Å². The van der Waals surface area contributed by atoms with E-state index in [1.54, 1.807) is 36.5 Å². The van der Waals surface area contributed by atoms with Gasteiger partial charge in [-0.15, -0.1) is 0 Å². The smallest absolute Gasteiger partial charge is 0.243 e. The standard InChI is InChI=1S/C43H59N13O7/c1-24(2)17-34(55-38(59)25(3)51-40(61)36(52-26(4)57)19-28-21-49-31-14-9-8-13-30(28)31)41(62)53-32(15-10-16-48-43(45)46)39(60)56-35(18-27-11-6-5-7-12-27)42(63)54-33(37(44)58)20-29-22-47-23-50-29/h5-9,11-14,21-25,32-36,49H,10,15-20H2,1-4H3,(H2,44,58)(H,47,50)(H,51,61)(H,52,57)(H,53,62)(H,54,63)(H,55,59)(H,56,60)(H4,45,46,48)/t25-,32-,33-,34-,35-,36-/m0/s1. The van der Waals surface area contributed by atoms with Crippen LogP contribution in [0.5, 0.6) is 0 Å². The molecule has 0 radical (unpaired) electrons. The van der Waals surface area contributed by atoms with Crippen LogP contribution in [0.3, 0.4) is 0 Å². The van der Waals surface area contributed by atoms with Crippen LogP contribution in [-0.4, -0.2) is 105 Å². The van der Waals surface area contributed by atoms with Gasteiger partial charge in [0.05, 0.1) is 6.33 Å². The highest BCUT2D eigenvalue weighted by Crippen LogP contribution is 2.19. The number of aromatic nitrogens is 3. The zero-order valence-corrected chi connectivity index (χ0v) is 35.9. The number of fused-ring (bicyclic) bond motifs is 1. The van der Waals surface area contributed by atoms with Crippen LogP contribution in [0.15, 0.2) is 78.3 Å². The summed E-state index contributed by atoms with van der Waals surface area (Å²) in [6, 6.07) is 9.43. The molecule has 0 aliphatic carbocycles. The number of H-pyrrole nitrogens is 2. The summed E-state index contributed by atoms with van der Waals surface area (Å²) in [5.74, 6) is -4.97. The molecule has 4 rings (SSSR count). The Morgan fingerprint density at radius 3 is 1.92 bits per heavy atom. The van der Waals surface area contributed by atoms with Gasteiger partial charge >= 0.3 is 0 Å². The quantitative estimate of drug-likeness (QED) is 0.0243. The van der Waals surface area contributed by atoms with Gasteiger partial charge in [0.25, 0.3) is 0 Å². The Hall–Kier alpha value is -7.25. The minimum atomic E-state index is -1.25. The number of carbonyl (C=O) groups is 7. The number of hydrogen-bond donors (Lipinski definition) is 11. The number of primary amides is 1. The highest BCUT2D eigenvalue weighted by Gasteiger charge is 2.33. The first kappa shape index (κ1) is 48.4. The number of benzene rings is 2. The lowest BCUT2D eigenvalue weighted by molar-refractivity contribution is -0.135. The SMILES string of the molecule is CC(=O)N[C@@H](Cc1c[nH]c2ccccc12)C(=O)N[C@@H](C)C(=O)N[C@@H](CC(C)C)C(=O)N[C@@H](CCCN=C(N)N)C(=O)N[C@@H](Cc1ccccc1)C(=O)N[C@@H](Cc1cnc[nH]1)C(N)=O. The lowest BCUT2D eigenvalue weighted by atomic mass is 10.0. The predicted molar refractivity (Wildman–Crippen MR) is 236 cm³/mol. The lowest BCUT2D eigenvalue weighted by Gasteiger charge is -2.27. The van der Waals surface area contributed by atoms with E-state index >= 15 is 0 Å². The third-order valence-electron chi connectivity index (χ3n) is 10.0. The second-order valence-corrected chi connectivity index (χ2v) is 15.7. The lowest BCUT2D eigenvalue weighted by Crippen LogP contribution is -2.60. The molecule has 0 saturated carbocycles. The summed E-state index contributed by atoms with van der Waals surface area (Å²) < 4.78 is 0. The number of guanidine groups is 1. The molecular formula is C43H59N13O7. The monoisotopic (exact) mass is 869 g/mol. The first-order valence-corrected chi connectivity index (χ1v) is 20.7. The van der Waals surface area contributed by atoms with Crippen molar-refractivity contribution < 1.29 is 33.6 Å². The summed E-state index contributed by atoms with van der Waals surface area (Å²) in [7, 11) is 0. The normalized spacial score (nSPS) is 13.9. The molecule has 0 unspecified atom stereocenters. The zero-order valence-electron chi connectivity index (χ0n) is 35.9. The topological polar surface area (TPSA) is 327 Å². The van der Waals surface area contributed by atoms with Gasteiger partial charge < -0.3 is 59.1 Å². The van der Waals surface area contributed by atoms with Crippen molar-refractivity contribution in [3.63, 3.8) is 0 Å². The van der Waals surface area contributed by atoms with E-state index in [4.69, 9.17) is 17.2 Å². The second-order valence-electron chi connectivity index (χ2n) is 15.7. The maximum atomic E-state index is 14.1. The number of aromatic amines is 2. The number of imidazole rings is 1. The molecule has 7 amide bonds. The van der Waals surface area contributed by atoms with Crippen molar-refractivity contribution in [2.24, 2.45) is 28.1 Å². The van der Waals surface area contributed by atoms with E-state index in [2.05, 4.69) is 51.8 Å². The third-order valence-corrected chi connectivity index (χ3v) is 10.0. The van der Waals surface area contributed by atoms with Crippen LogP contribution >= 0.6 is 0 Å². The number of para-hydroxylation sites is 1. The van der Waals surface area contributed by atoms with E-state index in [-0.39, 0.29) is 56.9 Å². The summed E-state index contributed by atoms with van der Waals surface area (Å²) in [5, 5.41) is 17.0. The molecule has 0 bridgehead atoms. The Bertz CT molecular complexity index is 2200. The van der Waals surface area contributed by atoms with Crippen molar-refractivity contribution in [1.29, 1.82) is 0 Å². The van der Waals surface area contributed by atoms with Gasteiger partial charge in [-0.1, -0.05) is 62.4 Å². The molecule has 2 heterocycles. The van der Waals surface area contributed by atoms with Gasteiger partial charge in [0.15, 0.2) is 5.96 Å². The number of amides is 7. The maximum absolute atomic E-state index is 14.1. The molecule has 63 heavy (non-hydrogen) atoms. The van der Waals surface area contributed by atoms with Crippen LogP contribution in [0.1, 0.15) is 63.8 Å². The molecule has 6 atom stereocenters. The number of rotatable bonds is 24. The summed E-state index contributed by atoms with van der Waals surface area (Å²) in [6.45, 7) is 6.55. The number of aliphatic imine (C=N–C) groups is 1. The minimum absolute atomic E-state index is 0.0166. The molecular weight excluding hydrogens is 811 g/mol. The predicted octanol–water partition coefficient (Wildman–Crippen LogP) is -0.547. The largest absolute Gasteiger partial charge is 0.370 e. The van der Waals surface area contributed by atoms with Crippen LogP contribution in [0.4, 0.5) is 0 Å². The van der Waals surface area contributed by atoms with E-state index in [0.717, 1.165) is 16.5 Å². The second kappa shape index (κ2) is 23.7. The van der Waals surface area contributed by atoms with Crippen LogP contribution in [-0.2, 0) is 52.8 Å². The summed E-state index contributed by atoms with van der Waals surface area (Å²) in [5.41, 5.74) is 19.5. The number of nitrogens with one attached hydrogen (secondary N) is 8. The molecule has 2 aromatic heterocycles. The van der Waals surface area contributed by atoms with Crippen molar-refractivity contribution in [2.75, 3.05) is 6.54 Å². The van der Waals surface area contributed by atoms with Crippen molar-refractivity contribution >= 4 is 58.2 Å². The molecule has 2 aromatic carbocycles. The number of nitrogens with two attached hydrogens (primary N) is 3. The van der Waals surface area contributed by atoms with Gasteiger partial charge in [0, 0.05) is 61.7 Å². The molecule has 0 spiro atoms. The fourth-order valence-corrected chi connectivity index (χ4v) is 6.84. The van der Waals surface area contributed by atoms with E-state index < -0.39 is 77.6 Å². The van der Waals surface area contributed by atoms with E-state index in [1.165, 1.54) is 26.4 Å². The maximum Gasteiger partial charge on any atom is 0.243 e. The third kappa shape index (κ3) is 15.6. The van der Waals surface area contributed by atoms with Crippen LogP contribution < -0.4 is 49.1 Å². The fourth-order valence-electron chi connectivity index (χ4n) is 6.84. The summed E-state index contributed by atoms with van der Waals surface area (Å²) in [4.78, 5) is 108. The first-order chi connectivity index (χ1) is 30.0. The molecule has 338 valence electrons. The number of nitrogens with zero attached hydrogens (tertiary/aromatic N) is 2. The van der Waals surface area contributed by atoms with Gasteiger partial charge in [-0.25, -0.2) is 4.98 Å². The number of carbonyl (C=O) groups excluding carboxylic acids is 7. The van der Waals surface area contributed by atoms with Crippen molar-refractivity contribution in [1.82, 2.24) is 46.9 Å². The molecule has 20 heteroatoms. The average Bonchev–Trinajstić information content (AvgIpc) is 3.90. The molecule has 0 aliphatic heterocycles. The first-order valence-electron chi connectivity index (χ1n) is 20.7. The Balaban J connectivity index is 1.51. The Morgan fingerprint density at radius 1 is 0.667 bits per heavy atom. The highest BCUT2D eigenvalue weighted by atomic mass is 16.2. The average molecular weight is 870 g/mol. The van der Waals surface area contributed by atoms with Gasteiger partial charge in [-0.2, -0.15) is 0 Å². The van der Waals surface area contributed by atoms with Crippen molar-refractivity contribution in [2.45, 2.75) is 102 Å². The molecule has 20 nitrogen and oxygen atoms in total. The Kier molecular flexibility index (Phi) is 18.2. The van der Waals surface area contributed by atoms with E-state index in [9.17, 15) is 33.6 Å². The van der Waals surface area contributed by atoms with Crippen LogP contribution in [0.2, 0.25) is 0 Å². The summed E-state index contributed by atoms with van der Waals surface area (Å²) in [6.07, 6.45) is 5.25. The Morgan fingerprint density at radius 2 is 1.27 bits per heavy atom. The molecule has 0 aliphatic rings. The van der Waals surface area contributed by atoms with Gasteiger partial charge in [-0.3, -0.25) is 38.6 Å². The van der Waals surface area contributed by atoms with Crippen LogP contribution in [0.25, 0.3) is 10.9 Å². The Labute approximate surface area is 365 Å². The summed E-state index contributed by atoms with van der Waals surface area (Å²) >= 11 is 0. The fraction of sp³-hybridized carbons (Fsp3) is 0.419. The highest BCUT2D eigenvalue weighted by molar-refractivity contribution is 5.97. The molecule has 14 N–H and O–H groups in total. The zero-order chi connectivity index (χ0) is 46.1. The van der Waals surface area contributed by atoms with Gasteiger partial charge in [-0.05, 0) is 49.3 Å². The van der Waals surface area contributed by atoms with Crippen LogP contribution in [0, 0.1) is 5.92 Å².